The Morgan fingerprint density at radius 1 is 1.24 bits per heavy atom. The van der Waals surface area contributed by atoms with Crippen LogP contribution in [0.1, 0.15) is 11.1 Å². The monoisotopic (exact) mass is 285 g/mol. The van der Waals surface area contributed by atoms with Crippen LogP contribution in [0.4, 0.5) is 11.5 Å². The fraction of sp³-hybridized carbons (Fsp3) is 0.353. The van der Waals surface area contributed by atoms with Gasteiger partial charge in [-0.3, -0.25) is 0 Å². The number of nitrogens with zero attached hydrogens (tertiary/aromatic N) is 2. The number of anilines is 2. The molecule has 4 nitrogen and oxygen atoms in total. The molecule has 1 heterocycles. The molecule has 112 valence electrons. The van der Waals surface area contributed by atoms with Crippen LogP contribution in [0.5, 0.6) is 0 Å². The number of aromatic nitrogens is 1. The third-order valence-corrected chi connectivity index (χ3v) is 3.37. The number of ether oxygens (including phenoxy) is 1. The molecule has 0 saturated heterocycles. The van der Waals surface area contributed by atoms with E-state index in [2.05, 4.69) is 59.5 Å². The summed E-state index contributed by atoms with van der Waals surface area (Å²) < 4.78 is 5.05. The molecule has 0 saturated carbocycles. The summed E-state index contributed by atoms with van der Waals surface area (Å²) in [4.78, 5) is 6.66. The zero-order valence-corrected chi connectivity index (χ0v) is 13.0. The fourth-order valence-corrected chi connectivity index (χ4v) is 2.23. The number of nitrogens with one attached hydrogen (secondary N) is 1. The van der Waals surface area contributed by atoms with Gasteiger partial charge in [-0.15, -0.1) is 0 Å². The van der Waals surface area contributed by atoms with E-state index in [1.807, 2.05) is 12.3 Å². The molecule has 0 unspecified atom stereocenters. The molecule has 0 fully saturated rings. The highest BCUT2D eigenvalue weighted by atomic mass is 16.5. The van der Waals surface area contributed by atoms with Crippen molar-refractivity contribution >= 4 is 11.5 Å². The highest BCUT2D eigenvalue weighted by molar-refractivity contribution is 5.62. The number of methoxy groups -OCH3 is 1. The average molecular weight is 285 g/mol. The number of hydrogen-bond acceptors (Lipinski definition) is 4. The van der Waals surface area contributed by atoms with E-state index in [1.54, 1.807) is 7.11 Å². The fourth-order valence-electron chi connectivity index (χ4n) is 2.23. The minimum atomic E-state index is 0.712. The first-order valence-corrected chi connectivity index (χ1v) is 7.16. The molecular weight excluding hydrogens is 262 g/mol. The maximum atomic E-state index is 5.05. The number of rotatable bonds is 7. The van der Waals surface area contributed by atoms with Gasteiger partial charge in [0.25, 0.3) is 0 Å². The number of aryl methyl sites for hydroxylation is 1. The van der Waals surface area contributed by atoms with Crippen LogP contribution in [0.3, 0.4) is 0 Å². The molecule has 0 amide bonds. The van der Waals surface area contributed by atoms with Crippen LogP contribution in [-0.4, -0.2) is 32.3 Å². The van der Waals surface area contributed by atoms with Crippen molar-refractivity contribution in [1.29, 1.82) is 0 Å². The predicted molar refractivity (Wildman–Crippen MR) is 87.1 cm³/mol. The lowest BCUT2D eigenvalue weighted by Gasteiger charge is -2.22. The first kappa shape index (κ1) is 15.5. The van der Waals surface area contributed by atoms with Gasteiger partial charge in [-0.2, -0.15) is 0 Å². The number of pyridine rings is 1. The van der Waals surface area contributed by atoms with Gasteiger partial charge in [-0.05, 0) is 30.7 Å². The second-order valence-corrected chi connectivity index (χ2v) is 5.05. The Morgan fingerprint density at radius 3 is 2.86 bits per heavy atom. The highest BCUT2D eigenvalue weighted by Crippen LogP contribution is 2.25. The van der Waals surface area contributed by atoms with E-state index in [9.17, 15) is 0 Å². The lowest BCUT2D eigenvalue weighted by molar-refractivity contribution is 0.199. The Balaban J connectivity index is 2.15. The molecule has 1 aromatic carbocycles. The van der Waals surface area contributed by atoms with Crippen molar-refractivity contribution in [2.24, 2.45) is 0 Å². The Hall–Kier alpha value is -1.91. The predicted octanol–water partition coefficient (Wildman–Crippen LogP) is 2.89. The first-order valence-electron chi connectivity index (χ1n) is 7.16. The molecule has 1 N–H and O–H groups in total. The van der Waals surface area contributed by atoms with Crippen molar-refractivity contribution < 1.29 is 4.74 Å². The van der Waals surface area contributed by atoms with E-state index in [0.717, 1.165) is 24.6 Å². The second kappa shape index (κ2) is 7.76. The Labute approximate surface area is 126 Å². The smallest absolute Gasteiger partial charge is 0.137 e. The summed E-state index contributed by atoms with van der Waals surface area (Å²) in [5, 5.41) is 3.37. The SMILES string of the molecule is COCCNCc1cccnc1N(C)c1cccc(C)c1. The van der Waals surface area contributed by atoms with Gasteiger partial charge in [-0.1, -0.05) is 18.2 Å². The van der Waals surface area contributed by atoms with Gasteiger partial charge in [-0.25, -0.2) is 4.98 Å². The van der Waals surface area contributed by atoms with Crippen LogP contribution in [0.15, 0.2) is 42.6 Å². The van der Waals surface area contributed by atoms with E-state index >= 15 is 0 Å². The standard InChI is InChI=1S/C17H23N3O/c1-14-6-4-8-16(12-14)20(2)17-15(7-5-9-19-17)13-18-10-11-21-3/h4-9,12,18H,10-11,13H2,1-3H3. The molecule has 21 heavy (non-hydrogen) atoms. The minimum absolute atomic E-state index is 0.712. The Morgan fingerprint density at radius 2 is 2.10 bits per heavy atom. The normalized spacial score (nSPS) is 10.6. The van der Waals surface area contributed by atoms with Gasteiger partial charge in [0.1, 0.15) is 5.82 Å². The lowest BCUT2D eigenvalue weighted by atomic mass is 10.2. The summed E-state index contributed by atoms with van der Waals surface area (Å²) in [6.45, 7) is 4.42. The average Bonchev–Trinajstić information content (AvgIpc) is 2.51. The quantitative estimate of drug-likeness (QED) is 0.794. The van der Waals surface area contributed by atoms with E-state index in [-0.39, 0.29) is 0 Å². The minimum Gasteiger partial charge on any atom is -0.383 e. The van der Waals surface area contributed by atoms with Crippen LogP contribution in [0.2, 0.25) is 0 Å². The molecule has 1 aromatic heterocycles. The van der Waals surface area contributed by atoms with E-state index < -0.39 is 0 Å². The van der Waals surface area contributed by atoms with E-state index in [1.165, 1.54) is 11.1 Å². The van der Waals surface area contributed by atoms with Gasteiger partial charge in [0, 0.05) is 44.7 Å². The molecule has 2 rings (SSSR count). The van der Waals surface area contributed by atoms with Crippen molar-refractivity contribution in [3.05, 3.63) is 53.7 Å². The van der Waals surface area contributed by atoms with Crippen molar-refractivity contribution in [3.63, 3.8) is 0 Å². The highest BCUT2D eigenvalue weighted by Gasteiger charge is 2.10. The molecule has 0 aliphatic carbocycles. The largest absolute Gasteiger partial charge is 0.383 e. The zero-order chi connectivity index (χ0) is 15.1. The molecule has 0 atom stereocenters. The van der Waals surface area contributed by atoms with Crippen LogP contribution in [0, 0.1) is 6.92 Å². The van der Waals surface area contributed by atoms with Gasteiger partial charge < -0.3 is 15.0 Å². The summed E-state index contributed by atoms with van der Waals surface area (Å²) >= 11 is 0. The Kier molecular flexibility index (Phi) is 5.72. The van der Waals surface area contributed by atoms with Gasteiger partial charge in [0.2, 0.25) is 0 Å². The molecule has 0 aliphatic rings. The van der Waals surface area contributed by atoms with Crippen molar-refractivity contribution in [2.45, 2.75) is 13.5 Å². The summed E-state index contributed by atoms with van der Waals surface area (Å²) in [5.41, 5.74) is 3.57. The van der Waals surface area contributed by atoms with Crippen LogP contribution in [0.25, 0.3) is 0 Å². The third-order valence-electron chi connectivity index (χ3n) is 3.37. The topological polar surface area (TPSA) is 37.4 Å². The molecule has 0 aliphatic heterocycles. The molecule has 0 spiro atoms. The first-order chi connectivity index (χ1) is 10.2. The second-order valence-electron chi connectivity index (χ2n) is 5.05. The Bertz CT molecular complexity index is 571. The van der Waals surface area contributed by atoms with E-state index in [4.69, 9.17) is 4.74 Å². The van der Waals surface area contributed by atoms with E-state index in [0.29, 0.717) is 6.61 Å². The summed E-state index contributed by atoms with van der Waals surface area (Å²) in [7, 11) is 3.76. The van der Waals surface area contributed by atoms with Crippen molar-refractivity contribution in [1.82, 2.24) is 10.3 Å². The maximum absolute atomic E-state index is 5.05. The van der Waals surface area contributed by atoms with Gasteiger partial charge in [0.15, 0.2) is 0 Å². The summed E-state index contributed by atoms with van der Waals surface area (Å²) in [6, 6.07) is 12.5. The van der Waals surface area contributed by atoms with Crippen LogP contribution >= 0.6 is 0 Å². The van der Waals surface area contributed by atoms with Crippen molar-refractivity contribution in [2.75, 3.05) is 32.2 Å². The van der Waals surface area contributed by atoms with Gasteiger partial charge >= 0.3 is 0 Å². The molecule has 0 bridgehead atoms. The number of hydrogen-bond donors (Lipinski definition) is 1. The summed E-state index contributed by atoms with van der Waals surface area (Å²) in [5.74, 6) is 0.980. The van der Waals surface area contributed by atoms with Crippen LogP contribution < -0.4 is 10.2 Å². The molecule has 4 heteroatoms. The lowest BCUT2D eigenvalue weighted by Crippen LogP contribution is -2.21. The molecule has 0 radical (unpaired) electrons. The molecule has 2 aromatic rings. The molecular formula is C17H23N3O. The maximum Gasteiger partial charge on any atom is 0.137 e. The third kappa shape index (κ3) is 4.28. The zero-order valence-electron chi connectivity index (χ0n) is 13.0. The summed E-state index contributed by atoms with van der Waals surface area (Å²) in [6.07, 6.45) is 1.83. The number of benzene rings is 1. The van der Waals surface area contributed by atoms with Crippen LogP contribution in [-0.2, 0) is 11.3 Å². The van der Waals surface area contributed by atoms with Gasteiger partial charge in [0.05, 0.1) is 6.61 Å². The van der Waals surface area contributed by atoms with Crippen molar-refractivity contribution in [3.8, 4) is 0 Å².